The summed E-state index contributed by atoms with van der Waals surface area (Å²) in [5.74, 6) is 0. The van der Waals surface area contributed by atoms with Gasteiger partial charge in [-0.15, -0.1) is 0 Å². The number of hydrogen-bond acceptors (Lipinski definition) is 2. The van der Waals surface area contributed by atoms with Crippen LogP contribution in [-0.4, -0.2) is 7.05 Å². The summed E-state index contributed by atoms with van der Waals surface area (Å²) in [6, 6.07) is 21.1. The van der Waals surface area contributed by atoms with Crippen LogP contribution in [-0.2, 0) is 12.6 Å². The van der Waals surface area contributed by atoms with Crippen LogP contribution in [0.3, 0.4) is 0 Å². The normalized spacial score (nSPS) is 13.4. The van der Waals surface area contributed by atoms with E-state index in [0.29, 0.717) is 17.9 Å². The lowest BCUT2D eigenvalue weighted by Gasteiger charge is -2.28. The van der Waals surface area contributed by atoms with Gasteiger partial charge in [0.25, 0.3) is 0 Å². The Morgan fingerprint density at radius 1 is 0.970 bits per heavy atom. The number of alkyl halides is 3. The standard InChI is InChI=1S/C27H28ClF3N2/c1-18-17-22(12-15-24(18)28)25(16-11-20-9-13-23(14-10-20)27(29,30)31)33-26(19(2)32-3)21-7-5-4-6-8-21/h4-10,12-15,17,25-26,32-33H,2,11,16H2,1,3H3/t25-,26-/m0/s1. The van der Waals surface area contributed by atoms with E-state index in [1.54, 1.807) is 12.1 Å². The third-order valence-electron chi connectivity index (χ3n) is 5.76. The summed E-state index contributed by atoms with van der Waals surface area (Å²) >= 11 is 6.25. The average molecular weight is 473 g/mol. The van der Waals surface area contributed by atoms with Gasteiger partial charge < -0.3 is 5.32 Å². The molecule has 174 valence electrons. The highest BCUT2D eigenvalue weighted by Gasteiger charge is 2.30. The monoisotopic (exact) mass is 472 g/mol. The Labute approximate surface area is 198 Å². The lowest BCUT2D eigenvalue weighted by atomic mass is 9.94. The Kier molecular flexibility index (Phi) is 8.22. The molecule has 2 atom stereocenters. The summed E-state index contributed by atoms with van der Waals surface area (Å²) in [4.78, 5) is 0. The number of aryl methyl sites for hydroxylation is 2. The fourth-order valence-corrected chi connectivity index (χ4v) is 3.91. The molecule has 0 amide bonds. The summed E-state index contributed by atoms with van der Waals surface area (Å²) in [5.41, 5.74) is 4.15. The van der Waals surface area contributed by atoms with Crippen molar-refractivity contribution in [3.05, 3.63) is 118 Å². The summed E-state index contributed by atoms with van der Waals surface area (Å²) in [6.07, 6.45) is -3.03. The number of rotatable bonds is 9. The Bertz CT molecular complexity index is 1060. The Balaban J connectivity index is 1.87. The summed E-state index contributed by atoms with van der Waals surface area (Å²) in [5, 5.41) is 7.55. The van der Waals surface area contributed by atoms with Gasteiger partial charge in [-0.1, -0.05) is 72.8 Å². The van der Waals surface area contributed by atoms with E-state index in [1.807, 2.05) is 56.4 Å². The van der Waals surface area contributed by atoms with Crippen LogP contribution in [0.25, 0.3) is 0 Å². The van der Waals surface area contributed by atoms with Crippen molar-refractivity contribution in [2.75, 3.05) is 7.05 Å². The van der Waals surface area contributed by atoms with Crippen LogP contribution in [0.5, 0.6) is 0 Å². The lowest BCUT2D eigenvalue weighted by Crippen LogP contribution is -2.31. The molecule has 0 spiro atoms. The minimum atomic E-state index is -4.33. The first-order valence-electron chi connectivity index (χ1n) is 10.8. The van der Waals surface area contributed by atoms with Crippen molar-refractivity contribution >= 4 is 11.6 Å². The molecule has 2 nitrogen and oxygen atoms in total. The molecule has 0 unspecified atom stereocenters. The van der Waals surface area contributed by atoms with Gasteiger partial charge in [-0.25, -0.2) is 0 Å². The number of likely N-dealkylation sites (N-methyl/N-ethyl adjacent to an activating group) is 1. The molecule has 0 aliphatic rings. The Morgan fingerprint density at radius 3 is 2.21 bits per heavy atom. The van der Waals surface area contributed by atoms with Crippen molar-refractivity contribution < 1.29 is 13.2 Å². The lowest BCUT2D eigenvalue weighted by molar-refractivity contribution is -0.137. The van der Waals surface area contributed by atoms with Gasteiger partial charge in [-0.2, -0.15) is 13.2 Å². The molecule has 6 heteroatoms. The van der Waals surface area contributed by atoms with E-state index in [2.05, 4.69) is 23.3 Å². The first-order chi connectivity index (χ1) is 15.7. The van der Waals surface area contributed by atoms with Crippen molar-refractivity contribution in [1.29, 1.82) is 0 Å². The molecule has 0 aliphatic carbocycles. The summed E-state index contributed by atoms with van der Waals surface area (Å²) in [7, 11) is 1.84. The van der Waals surface area contributed by atoms with E-state index < -0.39 is 11.7 Å². The molecule has 3 rings (SSSR count). The van der Waals surface area contributed by atoms with E-state index >= 15 is 0 Å². The van der Waals surface area contributed by atoms with Gasteiger partial charge in [-0.3, -0.25) is 5.32 Å². The van der Waals surface area contributed by atoms with Crippen LogP contribution < -0.4 is 10.6 Å². The van der Waals surface area contributed by atoms with Gasteiger partial charge in [0.15, 0.2) is 0 Å². The minimum absolute atomic E-state index is 0.0708. The number of nitrogens with one attached hydrogen (secondary N) is 2. The number of halogens is 4. The molecule has 0 heterocycles. The Morgan fingerprint density at radius 2 is 1.64 bits per heavy atom. The van der Waals surface area contributed by atoms with Gasteiger partial charge >= 0.3 is 6.18 Å². The summed E-state index contributed by atoms with van der Waals surface area (Å²) in [6.45, 7) is 6.14. The molecular formula is C27H28ClF3N2. The molecule has 0 bridgehead atoms. The maximum absolute atomic E-state index is 12.9. The molecular weight excluding hydrogens is 445 g/mol. The zero-order chi connectivity index (χ0) is 24.0. The van der Waals surface area contributed by atoms with Crippen LogP contribution in [0.4, 0.5) is 13.2 Å². The maximum atomic E-state index is 12.9. The average Bonchev–Trinajstić information content (AvgIpc) is 2.81. The molecule has 0 saturated heterocycles. The molecule has 3 aromatic rings. The van der Waals surface area contributed by atoms with Gasteiger partial charge in [0.1, 0.15) is 0 Å². The van der Waals surface area contributed by atoms with Gasteiger partial charge in [0, 0.05) is 23.8 Å². The van der Waals surface area contributed by atoms with Crippen molar-refractivity contribution in [2.24, 2.45) is 0 Å². The molecule has 0 aliphatic heterocycles. The quantitative estimate of drug-likeness (QED) is 0.339. The third-order valence-corrected chi connectivity index (χ3v) is 6.18. The predicted octanol–water partition coefficient (Wildman–Crippen LogP) is 7.41. The highest BCUT2D eigenvalue weighted by molar-refractivity contribution is 6.31. The highest BCUT2D eigenvalue weighted by atomic mass is 35.5. The second-order valence-electron chi connectivity index (χ2n) is 8.08. The van der Waals surface area contributed by atoms with Crippen molar-refractivity contribution in [3.63, 3.8) is 0 Å². The molecule has 0 saturated carbocycles. The van der Waals surface area contributed by atoms with E-state index in [9.17, 15) is 13.2 Å². The maximum Gasteiger partial charge on any atom is 0.416 e. The van der Waals surface area contributed by atoms with Crippen LogP contribution in [0, 0.1) is 6.92 Å². The van der Waals surface area contributed by atoms with Gasteiger partial charge in [0.2, 0.25) is 0 Å². The third kappa shape index (κ3) is 6.62. The second-order valence-corrected chi connectivity index (χ2v) is 8.49. The summed E-state index contributed by atoms with van der Waals surface area (Å²) < 4.78 is 38.7. The first-order valence-corrected chi connectivity index (χ1v) is 11.2. The fourth-order valence-electron chi connectivity index (χ4n) is 3.79. The Hall–Kier alpha value is -2.76. The zero-order valence-corrected chi connectivity index (χ0v) is 19.5. The second kappa shape index (κ2) is 10.9. The fraction of sp³-hybridized carbons (Fsp3) is 0.259. The molecule has 3 aromatic carbocycles. The first kappa shape index (κ1) is 24.9. The van der Waals surface area contributed by atoms with Crippen LogP contribution in [0.1, 0.15) is 46.3 Å². The minimum Gasteiger partial charge on any atom is -0.390 e. The topological polar surface area (TPSA) is 24.1 Å². The smallest absolute Gasteiger partial charge is 0.390 e. The van der Waals surface area contributed by atoms with Crippen LogP contribution in [0.2, 0.25) is 5.02 Å². The highest BCUT2D eigenvalue weighted by Crippen LogP contribution is 2.31. The van der Waals surface area contributed by atoms with E-state index in [-0.39, 0.29) is 12.1 Å². The molecule has 0 fully saturated rings. The predicted molar refractivity (Wildman–Crippen MR) is 129 cm³/mol. The van der Waals surface area contributed by atoms with E-state index in [4.69, 9.17) is 11.6 Å². The largest absolute Gasteiger partial charge is 0.416 e. The van der Waals surface area contributed by atoms with Crippen LogP contribution >= 0.6 is 11.6 Å². The van der Waals surface area contributed by atoms with Crippen LogP contribution in [0.15, 0.2) is 85.1 Å². The van der Waals surface area contributed by atoms with Crippen molar-refractivity contribution in [3.8, 4) is 0 Å². The SMILES string of the molecule is C=C(NC)[C@H](N[C@@H](CCc1ccc(C(F)(F)F)cc1)c1ccc(Cl)c(C)c1)c1ccccc1. The molecule has 0 aromatic heterocycles. The van der Waals surface area contributed by atoms with Crippen molar-refractivity contribution in [1.82, 2.24) is 10.6 Å². The van der Waals surface area contributed by atoms with E-state index in [1.165, 1.54) is 0 Å². The number of hydrogen-bond donors (Lipinski definition) is 2. The molecule has 2 N–H and O–H groups in total. The van der Waals surface area contributed by atoms with Gasteiger partial charge in [0.05, 0.1) is 11.6 Å². The zero-order valence-electron chi connectivity index (χ0n) is 18.7. The van der Waals surface area contributed by atoms with Crippen molar-refractivity contribution in [2.45, 2.75) is 38.0 Å². The van der Waals surface area contributed by atoms with Gasteiger partial charge in [-0.05, 0) is 60.2 Å². The van der Waals surface area contributed by atoms with E-state index in [0.717, 1.165) is 40.1 Å². The molecule has 33 heavy (non-hydrogen) atoms. The number of benzene rings is 3. The molecule has 0 radical (unpaired) electrons.